The number of benzene rings is 1. The Morgan fingerprint density at radius 2 is 1.79 bits per heavy atom. The Labute approximate surface area is 116 Å². The molecule has 2 aromatic rings. The normalized spacial score (nSPS) is 10.5. The molecule has 1 aromatic carbocycles. The Hall–Kier alpha value is -1.95. The van der Waals surface area contributed by atoms with E-state index in [2.05, 4.69) is 4.98 Å². The summed E-state index contributed by atoms with van der Waals surface area (Å²) in [5.41, 5.74) is 6.82. The van der Waals surface area contributed by atoms with E-state index in [0.717, 1.165) is 11.3 Å². The number of hydrogen-bond donors (Lipinski definition) is 1. The van der Waals surface area contributed by atoms with Gasteiger partial charge in [-0.3, -0.25) is 10.1 Å². The van der Waals surface area contributed by atoms with Gasteiger partial charge in [-0.2, -0.15) is 0 Å². The molecule has 0 unspecified atom stereocenters. The summed E-state index contributed by atoms with van der Waals surface area (Å²) in [6, 6.07) is 10.0. The molecule has 2 rings (SSSR count). The molecule has 19 heavy (non-hydrogen) atoms. The molecule has 0 aliphatic rings. The van der Waals surface area contributed by atoms with E-state index in [-0.39, 0.29) is 4.92 Å². The van der Waals surface area contributed by atoms with Gasteiger partial charge in [0.2, 0.25) is 5.54 Å². The third kappa shape index (κ3) is 5.05. The Morgan fingerprint density at radius 1 is 1.26 bits per heavy atom. The van der Waals surface area contributed by atoms with Gasteiger partial charge < -0.3 is 5.73 Å². The monoisotopic (exact) mass is 279 g/mol. The van der Waals surface area contributed by atoms with Gasteiger partial charge in [0.1, 0.15) is 0 Å². The summed E-state index contributed by atoms with van der Waals surface area (Å²) in [7, 11) is 0. The third-order valence-corrected chi connectivity index (χ3v) is 2.81. The summed E-state index contributed by atoms with van der Waals surface area (Å²) in [6.45, 7) is 4.69. The van der Waals surface area contributed by atoms with Crippen molar-refractivity contribution < 1.29 is 4.92 Å². The minimum Gasteiger partial charge on any atom is -0.375 e. The highest BCUT2D eigenvalue weighted by Gasteiger charge is 2.21. The lowest BCUT2D eigenvalue weighted by Crippen LogP contribution is -2.25. The SMILES string of the molecule is CC(C)(C)[N+](=O)[O-].Nc1nc(-c2ccccc2)cs1. The Bertz CT molecular complexity index is 532. The van der Waals surface area contributed by atoms with Gasteiger partial charge in [0.15, 0.2) is 5.13 Å². The average molecular weight is 279 g/mol. The van der Waals surface area contributed by atoms with Crippen molar-refractivity contribution in [3.8, 4) is 11.3 Å². The number of nitrogen functional groups attached to an aromatic ring is 1. The maximum Gasteiger partial charge on any atom is 0.214 e. The van der Waals surface area contributed by atoms with Crippen molar-refractivity contribution in [3.05, 3.63) is 45.8 Å². The van der Waals surface area contributed by atoms with Gasteiger partial charge in [0.05, 0.1) is 5.69 Å². The summed E-state index contributed by atoms with van der Waals surface area (Å²) < 4.78 is 0. The topological polar surface area (TPSA) is 82.0 Å². The number of aromatic nitrogens is 1. The first-order chi connectivity index (χ1) is 8.80. The van der Waals surface area contributed by atoms with Gasteiger partial charge in [0.25, 0.3) is 0 Å². The molecular formula is C13H17N3O2S. The molecule has 6 heteroatoms. The van der Waals surface area contributed by atoms with Crippen LogP contribution in [0.1, 0.15) is 20.8 Å². The summed E-state index contributed by atoms with van der Waals surface area (Å²) in [4.78, 5) is 13.7. The second-order valence-corrected chi connectivity index (χ2v) is 5.75. The Kier molecular flexibility index (Phi) is 5.00. The van der Waals surface area contributed by atoms with Crippen LogP contribution in [0.3, 0.4) is 0 Å². The molecule has 0 radical (unpaired) electrons. The lowest BCUT2D eigenvalue weighted by Gasteiger charge is -2.05. The molecule has 0 aliphatic heterocycles. The van der Waals surface area contributed by atoms with E-state index in [1.807, 2.05) is 35.7 Å². The van der Waals surface area contributed by atoms with Crippen LogP contribution in [-0.2, 0) is 0 Å². The summed E-state index contributed by atoms with van der Waals surface area (Å²) >= 11 is 1.47. The van der Waals surface area contributed by atoms with Gasteiger partial charge in [0, 0.05) is 36.6 Å². The number of rotatable bonds is 1. The quantitative estimate of drug-likeness (QED) is 0.640. The fourth-order valence-corrected chi connectivity index (χ4v) is 1.60. The van der Waals surface area contributed by atoms with E-state index in [1.54, 1.807) is 20.8 Å². The van der Waals surface area contributed by atoms with Crippen LogP contribution in [0.2, 0.25) is 0 Å². The maximum absolute atomic E-state index is 9.83. The van der Waals surface area contributed by atoms with E-state index in [9.17, 15) is 10.1 Å². The summed E-state index contributed by atoms with van der Waals surface area (Å²) in [6.07, 6.45) is 0. The largest absolute Gasteiger partial charge is 0.375 e. The number of anilines is 1. The molecule has 0 atom stereocenters. The number of nitrogens with zero attached hydrogens (tertiary/aromatic N) is 2. The highest BCUT2D eigenvalue weighted by molar-refractivity contribution is 7.13. The van der Waals surface area contributed by atoms with E-state index in [4.69, 9.17) is 5.73 Å². The molecule has 0 saturated heterocycles. The van der Waals surface area contributed by atoms with Crippen LogP contribution in [0.15, 0.2) is 35.7 Å². The van der Waals surface area contributed by atoms with Gasteiger partial charge >= 0.3 is 0 Å². The number of hydrogen-bond acceptors (Lipinski definition) is 5. The lowest BCUT2D eigenvalue weighted by atomic mass is 10.1. The zero-order valence-electron chi connectivity index (χ0n) is 11.2. The van der Waals surface area contributed by atoms with Crippen molar-refractivity contribution in [1.82, 2.24) is 4.98 Å². The van der Waals surface area contributed by atoms with Crippen LogP contribution >= 0.6 is 11.3 Å². The van der Waals surface area contributed by atoms with Crippen molar-refractivity contribution in [1.29, 1.82) is 0 Å². The van der Waals surface area contributed by atoms with E-state index in [0.29, 0.717) is 5.13 Å². The van der Waals surface area contributed by atoms with Crippen LogP contribution in [0.5, 0.6) is 0 Å². The smallest absolute Gasteiger partial charge is 0.214 e. The van der Waals surface area contributed by atoms with Gasteiger partial charge in [-0.15, -0.1) is 11.3 Å². The first-order valence-electron chi connectivity index (χ1n) is 5.71. The van der Waals surface area contributed by atoms with Crippen LogP contribution in [0.4, 0.5) is 5.13 Å². The molecule has 5 nitrogen and oxygen atoms in total. The fourth-order valence-electron chi connectivity index (χ4n) is 1.03. The standard InChI is InChI=1S/C9H8N2S.C4H9NO2/c10-9-11-8(6-12-9)7-4-2-1-3-5-7;1-4(2,3)5(6)7/h1-6H,(H2,10,11);1-3H3. The Balaban J connectivity index is 0.000000224. The summed E-state index contributed by atoms with van der Waals surface area (Å²) in [5.74, 6) is 0. The van der Waals surface area contributed by atoms with Gasteiger partial charge in [-0.25, -0.2) is 4.98 Å². The second-order valence-electron chi connectivity index (χ2n) is 4.86. The molecule has 0 aliphatic carbocycles. The van der Waals surface area contributed by atoms with E-state index in [1.165, 1.54) is 11.3 Å². The second kappa shape index (κ2) is 6.29. The molecule has 1 aromatic heterocycles. The van der Waals surface area contributed by atoms with Crippen molar-refractivity contribution in [2.24, 2.45) is 0 Å². The molecule has 2 N–H and O–H groups in total. The van der Waals surface area contributed by atoms with Crippen LogP contribution in [0.25, 0.3) is 11.3 Å². The van der Waals surface area contributed by atoms with Crippen LogP contribution in [-0.4, -0.2) is 15.4 Å². The predicted octanol–water partition coefficient (Wildman–Crippen LogP) is 3.45. The summed E-state index contributed by atoms with van der Waals surface area (Å²) in [5, 5.41) is 12.4. The molecule has 0 fully saturated rings. The van der Waals surface area contributed by atoms with Crippen molar-refractivity contribution in [2.45, 2.75) is 26.3 Å². The third-order valence-electron chi connectivity index (χ3n) is 2.14. The minimum absolute atomic E-state index is 0.312. The number of thiazole rings is 1. The number of nitro groups is 1. The molecule has 0 bridgehead atoms. The van der Waals surface area contributed by atoms with E-state index >= 15 is 0 Å². The fraction of sp³-hybridized carbons (Fsp3) is 0.308. The highest BCUT2D eigenvalue weighted by Crippen LogP contribution is 2.22. The molecular weight excluding hydrogens is 262 g/mol. The first kappa shape index (κ1) is 15.1. The van der Waals surface area contributed by atoms with Crippen molar-refractivity contribution in [2.75, 3.05) is 5.73 Å². The molecule has 0 amide bonds. The Morgan fingerprint density at radius 3 is 2.16 bits per heavy atom. The van der Waals surface area contributed by atoms with Crippen LogP contribution in [0, 0.1) is 10.1 Å². The zero-order chi connectivity index (χ0) is 14.5. The maximum atomic E-state index is 9.83. The molecule has 0 spiro atoms. The molecule has 0 saturated carbocycles. The van der Waals surface area contributed by atoms with Crippen molar-refractivity contribution >= 4 is 16.5 Å². The minimum atomic E-state index is -0.778. The predicted molar refractivity (Wildman–Crippen MR) is 78.7 cm³/mol. The average Bonchev–Trinajstić information content (AvgIpc) is 2.77. The van der Waals surface area contributed by atoms with Gasteiger partial charge in [-0.05, 0) is 0 Å². The van der Waals surface area contributed by atoms with E-state index < -0.39 is 5.54 Å². The number of nitrogens with two attached hydrogens (primary N) is 1. The molecule has 1 heterocycles. The molecule has 102 valence electrons. The first-order valence-corrected chi connectivity index (χ1v) is 6.59. The van der Waals surface area contributed by atoms with Crippen LogP contribution < -0.4 is 5.73 Å². The lowest BCUT2D eigenvalue weighted by molar-refractivity contribution is -0.555. The highest BCUT2D eigenvalue weighted by atomic mass is 32.1. The zero-order valence-corrected chi connectivity index (χ0v) is 12.0. The van der Waals surface area contributed by atoms with Gasteiger partial charge in [-0.1, -0.05) is 30.3 Å². The van der Waals surface area contributed by atoms with Crippen molar-refractivity contribution in [3.63, 3.8) is 0 Å².